The molecule has 0 unspecified atom stereocenters. The zero-order chi connectivity index (χ0) is 33.3. The number of fused-ring (bicyclic) bond motifs is 6. The molecule has 0 aliphatic heterocycles. The predicted molar refractivity (Wildman–Crippen MR) is 212 cm³/mol. The van der Waals surface area contributed by atoms with E-state index in [4.69, 9.17) is 9.98 Å². The fraction of sp³-hybridized carbons (Fsp3) is 0.0213. The van der Waals surface area contributed by atoms with Gasteiger partial charge < -0.3 is 4.57 Å². The Bertz CT molecular complexity index is 2700. The maximum Gasteiger partial charge on any atom is 0.156 e. The summed E-state index contributed by atoms with van der Waals surface area (Å²) in [6.45, 7) is 0.534. The number of hydrogen-bond donors (Lipinski definition) is 0. The molecule has 1 heterocycles. The van der Waals surface area contributed by atoms with Crippen molar-refractivity contribution in [3.05, 3.63) is 199 Å². The van der Waals surface area contributed by atoms with Gasteiger partial charge in [-0.15, -0.1) is 0 Å². The molecule has 236 valence electrons. The van der Waals surface area contributed by atoms with E-state index < -0.39 is 0 Å². The van der Waals surface area contributed by atoms with Crippen LogP contribution in [0, 0.1) is 0 Å². The first-order valence-corrected chi connectivity index (χ1v) is 17.0. The molecular weight excluding hydrogens is 607 g/mol. The summed E-state index contributed by atoms with van der Waals surface area (Å²) < 4.78 is 2.39. The summed E-state index contributed by atoms with van der Waals surface area (Å²) in [5, 5.41) is 7.35. The molecule has 0 radical (unpaired) electrons. The molecule has 9 aromatic rings. The molecule has 0 saturated heterocycles. The lowest BCUT2D eigenvalue weighted by molar-refractivity contribution is 1.06. The second-order valence-corrected chi connectivity index (χ2v) is 12.6. The summed E-state index contributed by atoms with van der Waals surface area (Å²) in [6, 6.07) is 64.4. The van der Waals surface area contributed by atoms with Crippen molar-refractivity contribution >= 4 is 55.4 Å². The average Bonchev–Trinajstić information content (AvgIpc) is 3.53. The Labute approximate surface area is 291 Å². The van der Waals surface area contributed by atoms with Gasteiger partial charge in [0.15, 0.2) is 5.84 Å². The van der Waals surface area contributed by atoms with E-state index in [0.29, 0.717) is 12.4 Å². The van der Waals surface area contributed by atoms with Crippen molar-refractivity contribution in [1.82, 2.24) is 4.57 Å². The van der Waals surface area contributed by atoms with Gasteiger partial charge in [0.25, 0.3) is 0 Å². The molecule has 3 heteroatoms. The highest BCUT2D eigenvalue weighted by Gasteiger charge is 2.17. The molecule has 0 amide bonds. The van der Waals surface area contributed by atoms with Crippen LogP contribution in [-0.2, 0) is 6.54 Å². The zero-order valence-corrected chi connectivity index (χ0v) is 27.4. The SMILES string of the molecule is C(=NC(=NCc1ccccc1)c1c(-c2ccc(-n3c4ccccc4c4c5ccccc5ccc43)cc2)ccc2ccccc12)c1ccccc1. The molecule has 0 fully saturated rings. The van der Waals surface area contributed by atoms with Crippen molar-refractivity contribution in [2.75, 3.05) is 0 Å². The molecule has 0 aliphatic rings. The molecule has 0 bridgehead atoms. The van der Waals surface area contributed by atoms with Crippen LogP contribution in [0.5, 0.6) is 0 Å². The van der Waals surface area contributed by atoms with Crippen LogP contribution in [0.2, 0.25) is 0 Å². The van der Waals surface area contributed by atoms with E-state index in [-0.39, 0.29) is 0 Å². The van der Waals surface area contributed by atoms with Crippen molar-refractivity contribution in [3.63, 3.8) is 0 Å². The third-order valence-electron chi connectivity index (χ3n) is 9.54. The van der Waals surface area contributed by atoms with Gasteiger partial charge in [-0.1, -0.05) is 158 Å². The molecule has 0 aliphatic carbocycles. The van der Waals surface area contributed by atoms with Crippen molar-refractivity contribution in [2.24, 2.45) is 9.98 Å². The first-order chi connectivity index (χ1) is 24.8. The minimum Gasteiger partial charge on any atom is -0.309 e. The fourth-order valence-corrected chi connectivity index (χ4v) is 7.17. The second-order valence-electron chi connectivity index (χ2n) is 12.6. The maximum atomic E-state index is 5.18. The Kier molecular flexibility index (Phi) is 7.56. The number of aromatic nitrogens is 1. The molecule has 3 nitrogen and oxygen atoms in total. The number of hydrogen-bond acceptors (Lipinski definition) is 1. The molecule has 0 saturated carbocycles. The monoisotopic (exact) mass is 639 g/mol. The highest BCUT2D eigenvalue weighted by atomic mass is 15.0. The van der Waals surface area contributed by atoms with E-state index in [0.717, 1.165) is 44.3 Å². The quantitative estimate of drug-likeness (QED) is 0.128. The Balaban J connectivity index is 1.21. The van der Waals surface area contributed by atoms with Crippen LogP contribution in [0.1, 0.15) is 16.7 Å². The third kappa shape index (κ3) is 5.35. The van der Waals surface area contributed by atoms with Crippen molar-refractivity contribution < 1.29 is 0 Å². The lowest BCUT2D eigenvalue weighted by atomic mass is 9.93. The molecule has 1 aromatic heterocycles. The Hall–Kier alpha value is -6.58. The van der Waals surface area contributed by atoms with E-state index >= 15 is 0 Å². The van der Waals surface area contributed by atoms with Gasteiger partial charge in [-0.2, -0.15) is 0 Å². The van der Waals surface area contributed by atoms with Gasteiger partial charge >= 0.3 is 0 Å². The van der Waals surface area contributed by atoms with Crippen LogP contribution in [0.4, 0.5) is 0 Å². The Morgan fingerprint density at radius 3 is 1.90 bits per heavy atom. The Morgan fingerprint density at radius 1 is 0.500 bits per heavy atom. The zero-order valence-electron chi connectivity index (χ0n) is 27.4. The Morgan fingerprint density at radius 2 is 1.12 bits per heavy atom. The van der Waals surface area contributed by atoms with Crippen LogP contribution in [0.3, 0.4) is 0 Å². The van der Waals surface area contributed by atoms with E-state index in [2.05, 4.69) is 162 Å². The van der Waals surface area contributed by atoms with Gasteiger partial charge in [0.1, 0.15) is 0 Å². The molecule has 8 aromatic carbocycles. The average molecular weight is 640 g/mol. The van der Waals surface area contributed by atoms with Crippen LogP contribution in [-0.4, -0.2) is 16.6 Å². The summed E-state index contributed by atoms with van der Waals surface area (Å²) in [7, 11) is 0. The highest BCUT2D eigenvalue weighted by Crippen LogP contribution is 2.38. The van der Waals surface area contributed by atoms with Gasteiger partial charge in [-0.05, 0) is 68.1 Å². The predicted octanol–water partition coefficient (Wildman–Crippen LogP) is 11.8. The van der Waals surface area contributed by atoms with E-state index in [1.165, 1.54) is 32.6 Å². The first-order valence-electron chi connectivity index (χ1n) is 17.0. The second kappa shape index (κ2) is 12.8. The summed E-state index contributed by atoms with van der Waals surface area (Å²) in [5.41, 5.74) is 8.94. The summed E-state index contributed by atoms with van der Waals surface area (Å²) in [5.74, 6) is 0.711. The molecular formula is C47H33N3. The lowest BCUT2D eigenvalue weighted by Gasteiger charge is -2.15. The molecule has 0 N–H and O–H groups in total. The number of rotatable bonds is 6. The topological polar surface area (TPSA) is 29.6 Å². The van der Waals surface area contributed by atoms with E-state index in [9.17, 15) is 0 Å². The van der Waals surface area contributed by atoms with E-state index in [1.54, 1.807) is 0 Å². The molecule has 0 spiro atoms. The van der Waals surface area contributed by atoms with Gasteiger partial charge in [0.2, 0.25) is 0 Å². The van der Waals surface area contributed by atoms with Crippen LogP contribution in [0.15, 0.2) is 192 Å². The summed E-state index contributed by atoms with van der Waals surface area (Å²) >= 11 is 0. The van der Waals surface area contributed by atoms with Gasteiger partial charge in [0.05, 0.1) is 17.6 Å². The van der Waals surface area contributed by atoms with Crippen LogP contribution < -0.4 is 0 Å². The number of benzene rings is 8. The van der Waals surface area contributed by atoms with Gasteiger partial charge in [-0.3, -0.25) is 4.99 Å². The summed E-state index contributed by atoms with van der Waals surface area (Å²) in [6.07, 6.45) is 1.92. The minimum absolute atomic E-state index is 0.534. The van der Waals surface area contributed by atoms with Crippen molar-refractivity contribution in [1.29, 1.82) is 0 Å². The number of nitrogens with zero attached hydrogens (tertiary/aromatic N) is 3. The number of amidine groups is 1. The minimum atomic E-state index is 0.534. The first kappa shape index (κ1) is 29.6. The highest BCUT2D eigenvalue weighted by molar-refractivity contribution is 6.21. The standard InChI is InChI=1S/C47H33N3/c1-3-13-33(14-4-1)31-48-47(49-32-34-15-5-2-6-16-34)46-40-20-10-8-17-35(40)25-29-41(46)37-23-27-38(28-24-37)50-43-22-12-11-21-42(43)45-39-19-9-7-18-36(39)26-30-44(45)50/h1-31H,32H2. The van der Waals surface area contributed by atoms with Crippen LogP contribution in [0.25, 0.3) is 60.2 Å². The van der Waals surface area contributed by atoms with Gasteiger partial charge in [0, 0.05) is 28.2 Å². The largest absolute Gasteiger partial charge is 0.309 e. The van der Waals surface area contributed by atoms with Crippen molar-refractivity contribution in [2.45, 2.75) is 6.54 Å². The number of para-hydroxylation sites is 1. The molecule has 9 rings (SSSR count). The molecule has 50 heavy (non-hydrogen) atoms. The fourth-order valence-electron chi connectivity index (χ4n) is 7.17. The summed E-state index contributed by atoms with van der Waals surface area (Å²) in [4.78, 5) is 10.3. The van der Waals surface area contributed by atoms with E-state index in [1.807, 2.05) is 30.5 Å². The third-order valence-corrected chi connectivity index (χ3v) is 9.54. The normalized spacial score (nSPS) is 12.1. The molecule has 0 atom stereocenters. The van der Waals surface area contributed by atoms with Crippen LogP contribution >= 0.6 is 0 Å². The van der Waals surface area contributed by atoms with Gasteiger partial charge in [-0.25, -0.2) is 4.99 Å². The smallest absolute Gasteiger partial charge is 0.156 e. The van der Waals surface area contributed by atoms with Crippen molar-refractivity contribution in [3.8, 4) is 16.8 Å². The number of aliphatic imine (C=N–C) groups is 2. The maximum absolute atomic E-state index is 5.18. The lowest BCUT2D eigenvalue weighted by Crippen LogP contribution is -2.04.